The third-order valence-electron chi connectivity index (χ3n) is 5.99. The van der Waals surface area contributed by atoms with Gasteiger partial charge in [0.2, 0.25) is 0 Å². The Morgan fingerprint density at radius 2 is 1.89 bits per heavy atom. The molecule has 1 saturated carbocycles. The fourth-order valence-electron chi connectivity index (χ4n) is 4.04. The Kier molecular flexibility index (Phi) is 5.30. The molecule has 2 heteroatoms. The highest BCUT2D eigenvalue weighted by Crippen LogP contribution is 2.44. The lowest BCUT2D eigenvalue weighted by molar-refractivity contribution is -0.00320. The van der Waals surface area contributed by atoms with E-state index in [9.17, 15) is 5.11 Å². The van der Waals surface area contributed by atoms with Gasteiger partial charge in [-0.05, 0) is 50.0 Å². The number of aliphatic hydroxyl groups excluding tert-OH is 1. The van der Waals surface area contributed by atoms with E-state index < -0.39 is 0 Å². The second-order valence-corrected chi connectivity index (χ2v) is 7.49. The van der Waals surface area contributed by atoms with Gasteiger partial charge in [-0.25, -0.2) is 0 Å². The van der Waals surface area contributed by atoms with E-state index in [1.807, 2.05) is 0 Å². The number of hydrogen-bond acceptors (Lipinski definition) is 2. The molecule has 2 fully saturated rings. The van der Waals surface area contributed by atoms with E-state index in [2.05, 4.69) is 26.1 Å². The maximum atomic E-state index is 10.4. The molecule has 2 aliphatic rings. The molecule has 0 spiro atoms. The highest BCUT2D eigenvalue weighted by Gasteiger charge is 2.39. The summed E-state index contributed by atoms with van der Waals surface area (Å²) in [6.45, 7) is 8.28. The van der Waals surface area contributed by atoms with Crippen LogP contribution in [0.1, 0.15) is 72.1 Å². The zero-order valence-corrected chi connectivity index (χ0v) is 13.1. The molecule has 2 N–H and O–H groups in total. The zero-order valence-electron chi connectivity index (χ0n) is 13.1. The molecule has 2 rings (SSSR count). The topological polar surface area (TPSA) is 32.3 Å². The van der Waals surface area contributed by atoms with E-state index in [4.69, 9.17) is 0 Å². The molecule has 0 amide bonds. The Morgan fingerprint density at radius 3 is 2.63 bits per heavy atom. The van der Waals surface area contributed by atoms with E-state index in [1.165, 1.54) is 44.9 Å². The molecule has 2 nitrogen and oxygen atoms in total. The average molecular weight is 267 g/mol. The lowest BCUT2D eigenvalue weighted by Crippen LogP contribution is -2.46. The van der Waals surface area contributed by atoms with Gasteiger partial charge in [0.25, 0.3) is 0 Å². The van der Waals surface area contributed by atoms with Crippen molar-refractivity contribution < 1.29 is 5.11 Å². The molecule has 1 aliphatic heterocycles. The first-order chi connectivity index (χ1) is 9.04. The maximum Gasteiger partial charge on any atom is 0.0583 e. The van der Waals surface area contributed by atoms with E-state index in [0.29, 0.717) is 17.4 Å². The van der Waals surface area contributed by atoms with Crippen molar-refractivity contribution in [3.63, 3.8) is 0 Å². The van der Waals surface area contributed by atoms with Crippen LogP contribution in [0.3, 0.4) is 0 Å². The van der Waals surface area contributed by atoms with Crippen LogP contribution in [0, 0.1) is 17.3 Å². The van der Waals surface area contributed by atoms with Gasteiger partial charge >= 0.3 is 0 Å². The fourth-order valence-corrected chi connectivity index (χ4v) is 4.04. The zero-order chi connectivity index (χ0) is 13.9. The molecular formula is C17H33NO. The van der Waals surface area contributed by atoms with Crippen molar-refractivity contribution in [3.05, 3.63) is 0 Å². The van der Waals surface area contributed by atoms with Crippen molar-refractivity contribution in [1.29, 1.82) is 0 Å². The van der Waals surface area contributed by atoms with Gasteiger partial charge in [0.15, 0.2) is 0 Å². The highest BCUT2D eigenvalue weighted by molar-refractivity contribution is 4.92. The van der Waals surface area contributed by atoms with Crippen LogP contribution < -0.4 is 5.32 Å². The van der Waals surface area contributed by atoms with Crippen molar-refractivity contribution in [2.45, 2.75) is 84.3 Å². The minimum atomic E-state index is -0.0699. The van der Waals surface area contributed by atoms with Crippen molar-refractivity contribution >= 4 is 0 Å². The van der Waals surface area contributed by atoms with Crippen LogP contribution in [0.2, 0.25) is 0 Å². The Labute approximate surface area is 119 Å². The molecule has 1 heterocycles. The Hall–Kier alpha value is -0.0800. The average Bonchev–Trinajstić information content (AvgIpc) is 2.68. The lowest BCUT2D eigenvalue weighted by atomic mass is 9.64. The predicted molar refractivity (Wildman–Crippen MR) is 81.2 cm³/mol. The maximum absolute atomic E-state index is 10.4. The first-order valence-electron chi connectivity index (χ1n) is 8.46. The SMILES string of the molecule is CCC(C)(C)C1CCC(O)C(C2CCCCCN2)C1. The molecule has 1 aliphatic carbocycles. The van der Waals surface area contributed by atoms with Gasteiger partial charge in [0.1, 0.15) is 0 Å². The Balaban J connectivity index is 2.01. The third kappa shape index (κ3) is 3.72. The van der Waals surface area contributed by atoms with Gasteiger partial charge in [-0.15, -0.1) is 0 Å². The quantitative estimate of drug-likeness (QED) is 0.816. The number of nitrogens with one attached hydrogen (secondary N) is 1. The van der Waals surface area contributed by atoms with Gasteiger partial charge in [-0.3, -0.25) is 0 Å². The number of rotatable bonds is 3. The second kappa shape index (κ2) is 6.58. The summed E-state index contributed by atoms with van der Waals surface area (Å²) in [6, 6.07) is 0.563. The standard InChI is InChI=1S/C17H33NO/c1-4-17(2,3)13-9-10-16(19)14(12-13)15-8-6-5-7-11-18-15/h13-16,18-19H,4-12H2,1-3H3. The molecule has 0 bridgehead atoms. The molecule has 0 aromatic carbocycles. The summed E-state index contributed by atoms with van der Waals surface area (Å²) < 4.78 is 0. The fraction of sp³-hybridized carbons (Fsp3) is 1.00. The van der Waals surface area contributed by atoms with Crippen LogP contribution in [-0.2, 0) is 0 Å². The van der Waals surface area contributed by atoms with E-state index in [1.54, 1.807) is 0 Å². The molecule has 4 atom stereocenters. The summed E-state index contributed by atoms with van der Waals surface area (Å²) in [5.74, 6) is 1.28. The van der Waals surface area contributed by atoms with Crippen molar-refractivity contribution in [3.8, 4) is 0 Å². The Bertz CT molecular complexity index is 268. The summed E-state index contributed by atoms with van der Waals surface area (Å²) in [5.41, 5.74) is 0.434. The molecule has 0 radical (unpaired) electrons. The molecule has 112 valence electrons. The number of aliphatic hydroxyl groups is 1. The van der Waals surface area contributed by atoms with Crippen LogP contribution in [0.4, 0.5) is 0 Å². The summed E-state index contributed by atoms with van der Waals surface area (Å²) >= 11 is 0. The normalized spacial score (nSPS) is 37.9. The predicted octanol–water partition coefficient (Wildman–Crippen LogP) is 3.73. The summed E-state index contributed by atoms with van der Waals surface area (Å²) in [7, 11) is 0. The third-order valence-corrected chi connectivity index (χ3v) is 5.99. The second-order valence-electron chi connectivity index (χ2n) is 7.49. The van der Waals surface area contributed by atoms with Crippen LogP contribution in [0.25, 0.3) is 0 Å². The van der Waals surface area contributed by atoms with Crippen LogP contribution in [-0.4, -0.2) is 23.8 Å². The van der Waals surface area contributed by atoms with E-state index in [0.717, 1.165) is 18.9 Å². The van der Waals surface area contributed by atoms with Crippen molar-refractivity contribution in [1.82, 2.24) is 5.32 Å². The highest BCUT2D eigenvalue weighted by atomic mass is 16.3. The van der Waals surface area contributed by atoms with Gasteiger partial charge < -0.3 is 10.4 Å². The number of hydrogen-bond donors (Lipinski definition) is 2. The molecule has 4 unspecified atom stereocenters. The monoisotopic (exact) mass is 267 g/mol. The van der Waals surface area contributed by atoms with Gasteiger partial charge in [-0.1, -0.05) is 40.0 Å². The molecular weight excluding hydrogens is 234 g/mol. The van der Waals surface area contributed by atoms with Crippen LogP contribution >= 0.6 is 0 Å². The van der Waals surface area contributed by atoms with Crippen LogP contribution in [0.15, 0.2) is 0 Å². The minimum absolute atomic E-state index is 0.0699. The van der Waals surface area contributed by atoms with E-state index in [-0.39, 0.29) is 6.10 Å². The smallest absolute Gasteiger partial charge is 0.0583 e. The van der Waals surface area contributed by atoms with Crippen molar-refractivity contribution in [2.24, 2.45) is 17.3 Å². The largest absolute Gasteiger partial charge is 0.393 e. The van der Waals surface area contributed by atoms with Crippen LogP contribution in [0.5, 0.6) is 0 Å². The summed E-state index contributed by atoms with van der Waals surface area (Å²) in [6.07, 6.45) is 9.89. The summed E-state index contributed by atoms with van der Waals surface area (Å²) in [4.78, 5) is 0. The molecule has 0 aromatic heterocycles. The van der Waals surface area contributed by atoms with Gasteiger partial charge in [0.05, 0.1) is 6.10 Å². The van der Waals surface area contributed by atoms with Gasteiger partial charge in [0, 0.05) is 12.0 Å². The lowest BCUT2D eigenvalue weighted by Gasteiger charge is -2.44. The minimum Gasteiger partial charge on any atom is -0.393 e. The first-order valence-corrected chi connectivity index (χ1v) is 8.46. The van der Waals surface area contributed by atoms with Crippen molar-refractivity contribution in [2.75, 3.05) is 6.54 Å². The molecule has 1 saturated heterocycles. The molecule has 19 heavy (non-hydrogen) atoms. The van der Waals surface area contributed by atoms with Gasteiger partial charge in [-0.2, -0.15) is 0 Å². The first kappa shape index (κ1) is 15.3. The van der Waals surface area contributed by atoms with E-state index >= 15 is 0 Å². The summed E-state index contributed by atoms with van der Waals surface area (Å²) in [5, 5.41) is 14.1. The molecule has 0 aromatic rings. The Morgan fingerprint density at radius 1 is 1.11 bits per heavy atom.